The van der Waals surface area contributed by atoms with Gasteiger partial charge in [-0.1, -0.05) is 36.4 Å². The quantitative estimate of drug-likeness (QED) is 0.807. The van der Waals surface area contributed by atoms with Crippen molar-refractivity contribution in [2.45, 2.75) is 5.92 Å². The van der Waals surface area contributed by atoms with Gasteiger partial charge in [0, 0.05) is 6.20 Å². The molecule has 5 heteroatoms. The molecule has 3 N–H and O–H groups in total. The number of carbonyl (C=O) groups excluding carboxylic acids is 2. The molecule has 0 spiro atoms. The van der Waals surface area contributed by atoms with Gasteiger partial charge in [0.2, 0.25) is 11.8 Å². The number of aromatic nitrogens is 1. The van der Waals surface area contributed by atoms with Crippen LogP contribution >= 0.6 is 0 Å². The van der Waals surface area contributed by atoms with Gasteiger partial charge in [-0.3, -0.25) is 9.59 Å². The molecule has 2 aromatic rings. The van der Waals surface area contributed by atoms with Gasteiger partial charge in [0.15, 0.2) is 0 Å². The number of benzene rings is 1. The maximum absolute atomic E-state index is 12.1. The average Bonchev–Trinajstić information content (AvgIpc) is 2.40. The predicted molar refractivity (Wildman–Crippen MR) is 71.2 cm³/mol. The van der Waals surface area contributed by atoms with Gasteiger partial charge in [0.1, 0.15) is 11.7 Å². The number of amides is 2. The van der Waals surface area contributed by atoms with E-state index in [2.05, 4.69) is 10.3 Å². The third-order valence-electron chi connectivity index (χ3n) is 2.60. The van der Waals surface area contributed by atoms with E-state index in [9.17, 15) is 9.59 Å². The van der Waals surface area contributed by atoms with Gasteiger partial charge in [-0.25, -0.2) is 4.98 Å². The highest BCUT2D eigenvalue weighted by Gasteiger charge is 2.26. The Morgan fingerprint density at radius 2 is 1.74 bits per heavy atom. The van der Waals surface area contributed by atoms with Gasteiger partial charge in [-0.05, 0) is 17.7 Å². The fraction of sp³-hybridized carbons (Fsp3) is 0.0714. The van der Waals surface area contributed by atoms with Crippen molar-refractivity contribution in [1.82, 2.24) is 4.98 Å². The summed E-state index contributed by atoms with van der Waals surface area (Å²) in [5.74, 6) is -1.82. The molecular formula is C14H13N3O2. The van der Waals surface area contributed by atoms with Gasteiger partial charge in [0.25, 0.3) is 0 Å². The number of carbonyl (C=O) groups is 2. The summed E-state index contributed by atoms with van der Waals surface area (Å²) in [7, 11) is 0. The standard InChI is InChI=1S/C14H13N3O2/c15-13(18)12(10-6-2-1-3-7-10)14(19)17-11-8-4-5-9-16-11/h1-9,12H,(H2,15,18)(H,16,17,19). The molecule has 2 rings (SSSR count). The summed E-state index contributed by atoms with van der Waals surface area (Å²) in [5.41, 5.74) is 5.86. The molecular weight excluding hydrogens is 242 g/mol. The average molecular weight is 255 g/mol. The maximum atomic E-state index is 12.1. The number of anilines is 1. The fourth-order valence-electron chi connectivity index (χ4n) is 1.73. The van der Waals surface area contributed by atoms with Crippen LogP contribution < -0.4 is 11.1 Å². The molecule has 0 fully saturated rings. The second-order valence-electron chi connectivity index (χ2n) is 3.95. The number of hydrogen-bond donors (Lipinski definition) is 2. The normalized spacial score (nSPS) is 11.6. The van der Waals surface area contributed by atoms with Crippen LogP contribution in [-0.4, -0.2) is 16.8 Å². The lowest BCUT2D eigenvalue weighted by atomic mass is 9.97. The molecule has 1 aromatic carbocycles. The summed E-state index contributed by atoms with van der Waals surface area (Å²) in [6, 6.07) is 13.8. The Kier molecular flexibility index (Phi) is 3.87. The highest BCUT2D eigenvalue weighted by molar-refractivity contribution is 6.10. The van der Waals surface area contributed by atoms with Gasteiger partial charge in [-0.2, -0.15) is 0 Å². The van der Waals surface area contributed by atoms with Crippen molar-refractivity contribution < 1.29 is 9.59 Å². The Morgan fingerprint density at radius 3 is 2.32 bits per heavy atom. The number of nitrogens with one attached hydrogen (secondary N) is 1. The van der Waals surface area contributed by atoms with Crippen LogP contribution in [0.15, 0.2) is 54.7 Å². The van der Waals surface area contributed by atoms with E-state index in [1.165, 1.54) is 0 Å². The molecule has 1 unspecified atom stereocenters. The summed E-state index contributed by atoms with van der Waals surface area (Å²) in [6.07, 6.45) is 1.55. The molecule has 96 valence electrons. The number of nitrogens with two attached hydrogens (primary N) is 1. The molecule has 0 aliphatic rings. The molecule has 0 aliphatic carbocycles. The lowest BCUT2D eigenvalue weighted by molar-refractivity contribution is -0.127. The van der Waals surface area contributed by atoms with E-state index in [-0.39, 0.29) is 0 Å². The number of pyridine rings is 1. The number of hydrogen-bond acceptors (Lipinski definition) is 3. The molecule has 0 aliphatic heterocycles. The molecule has 1 aromatic heterocycles. The smallest absolute Gasteiger partial charge is 0.242 e. The summed E-state index contributed by atoms with van der Waals surface area (Å²) < 4.78 is 0. The van der Waals surface area contributed by atoms with Crippen LogP contribution in [0.3, 0.4) is 0 Å². The van der Waals surface area contributed by atoms with Crippen LogP contribution in [0.2, 0.25) is 0 Å². The minimum absolute atomic E-state index is 0.384. The largest absolute Gasteiger partial charge is 0.369 e. The van der Waals surface area contributed by atoms with Gasteiger partial charge in [-0.15, -0.1) is 0 Å². The van der Waals surface area contributed by atoms with Crippen LogP contribution in [0.25, 0.3) is 0 Å². The molecule has 0 saturated heterocycles. The van der Waals surface area contributed by atoms with E-state index in [0.717, 1.165) is 0 Å². The molecule has 1 heterocycles. The summed E-state index contributed by atoms with van der Waals surface area (Å²) >= 11 is 0. The van der Waals surface area contributed by atoms with E-state index in [0.29, 0.717) is 11.4 Å². The monoisotopic (exact) mass is 255 g/mol. The topological polar surface area (TPSA) is 85.1 Å². The molecule has 0 bridgehead atoms. The van der Waals surface area contributed by atoms with Gasteiger partial charge in [0.05, 0.1) is 0 Å². The lowest BCUT2D eigenvalue weighted by Gasteiger charge is -2.13. The molecule has 1 atom stereocenters. The molecule has 0 saturated carbocycles. The predicted octanol–water partition coefficient (Wildman–Crippen LogP) is 1.29. The number of primary amides is 1. The van der Waals surface area contributed by atoms with Crippen molar-refractivity contribution in [3.8, 4) is 0 Å². The third-order valence-corrected chi connectivity index (χ3v) is 2.60. The van der Waals surface area contributed by atoms with E-state index < -0.39 is 17.7 Å². The zero-order valence-electron chi connectivity index (χ0n) is 10.1. The van der Waals surface area contributed by atoms with Crippen LogP contribution in [-0.2, 0) is 9.59 Å². The van der Waals surface area contributed by atoms with E-state index in [4.69, 9.17) is 5.73 Å². The molecule has 0 radical (unpaired) electrons. The Hall–Kier alpha value is -2.69. The maximum Gasteiger partial charge on any atom is 0.242 e. The van der Waals surface area contributed by atoms with Crippen molar-refractivity contribution in [3.05, 3.63) is 60.3 Å². The molecule has 2 amide bonds. The van der Waals surface area contributed by atoms with E-state index in [1.807, 2.05) is 0 Å². The van der Waals surface area contributed by atoms with Crippen LogP contribution in [0.4, 0.5) is 5.82 Å². The second kappa shape index (κ2) is 5.77. The Morgan fingerprint density at radius 1 is 1.05 bits per heavy atom. The second-order valence-corrected chi connectivity index (χ2v) is 3.95. The summed E-state index contributed by atoms with van der Waals surface area (Å²) in [4.78, 5) is 27.5. The lowest BCUT2D eigenvalue weighted by Crippen LogP contribution is -2.32. The number of nitrogens with zero attached hydrogens (tertiary/aromatic N) is 1. The summed E-state index contributed by atoms with van der Waals surface area (Å²) in [5, 5.41) is 2.57. The highest BCUT2D eigenvalue weighted by atomic mass is 16.2. The van der Waals surface area contributed by atoms with Crippen LogP contribution in [0.5, 0.6) is 0 Å². The first-order valence-electron chi connectivity index (χ1n) is 5.74. The van der Waals surface area contributed by atoms with Crippen molar-refractivity contribution in [3.63, 3.8) is 0 Å². The Bertz CT molecular complexity index is 570. The summed E-state index contributed by atoms with van der Waals surface area (Å²) in [6.45, 7) is 0. The van der Waals surface area contributed by atoms with Crippen LogP contribution in [0.1, 0.15) is 11.5 Å². The first-order chi connectivity index (χ1) is 9.18. The zero-order chi connectivity index (χ0) is 13.7. The minimum Gasteiger partial charge on any atom is -0.369 e. The Labute approximate surface area is 110 Å². The SMILES string of the molecule is NC(=O)C(C(=O)Nc1ccccn1)c1ccccc1. The van der Waals surface area contributed by atoms with E-state index >= 15 is 0 Å². The van der Waals surface area contributed by atoms with Crippen molar-refractivity contribution in [2.24, 2.45) is 5.73 Å². The Balaban J connectivity index is 2.21. The zero-order valence-corrected chi connectivity index (χ0v) is 10.1. The van der Waals surface area contributed by atoms with Gasteiger partial charge < -0.3 is 11.1 Å². The highest BCUT2D eigenvalue weighted by Crippen LogP contribution is 2.17. The van der Waals surface area contributed by atoms with Crippen molar-refractivity contribution in [1.29, 1.82) is 0 Å². The molecule has 5 nitrogen and oxygen atoms in total. The fourth-order valence-corrected chi connectivity index (χ4v) is 1.73. The first kappa shape index (κ1) is 12.8. The molecule has 19 heavy (non-hydrogen) atoms. The van der Waals surface area contributed by atoms with Crippen molar-refractivity contribution >= 4 is 17.6 Å². The third kappa shape index (κ3) is 3.16. The van der Waals surface area contributed by atoms with Crippen molar-refractivity contribution in [2.75, 3.05) is 5.32 Å². The number of rotatable bonds is 4. The minimum atomic E-state index is -1.02. The van der Waals surface area contributed by atoms with Gasteiger partial charge >= 0.3 is 0 Å². The first-order valence-corrected chi connectivity index (χ1v) is 5.74. The van der Waals surface area contributed by atoms with Crippen LogP contribution in [0, 0.1) is 0 Å². The van der Waals surface area contributed by atoms with E-state index in [1.54, 1.807) is 54.7 Å².